The van der Waals surface area contributed by atoms with Crippen LogP contribution in [0.15, 0.2) is 57.8 Å². The summed E-state index contributed by atoms with van der Waals surface area (Å²) >= 11 is 0. The fraction of sp³-hybridized carbons (Fsp3) is 0.400. The van der Waals surface area contributed by atoms with Gasteiger partial charge < -0.3 is 9.32 Å². The smallest absolute Gasteiger partial charge is 0.253 e. The average molecular weight is 499 g/mol. The molecule has 1 aromatic heterocycles. The number of sulfonamides is 1. The zero-order valence-electron chi connectivity index (χ0n) is 19.3. The van der Waals surface area contributed by atoms with Crippen molar-refractivity contribution >= 4 is 15.9 Å². The van der Waals surface area contributed by atoms with Crippen LogP contribution < -0.4 is 0 Å². The van der Waals surface area contributed by atoms with Gasteiger partial charge in [-0.05, 0) is 74.2 Å². The predicted octanol–water partition coefficient (Wildman–Crippen LogP) is 4.07. The third-order valence-corrected chi connectivity index (χ3v) is 8.56. The Hall–Kier alpha value is -3.11. The van der Waals surface area contributed by atoms with Crippen LogP contribution in [0.4, 0.5) is 4.39 Å². The molecule has 0 aliphatic carbocycles. The molecule has 5 rings (SSSR count). The molecule has 8 nitrogen and oxygen atoms in total. The van der Waals surface area contributed by atoms with E-state index in [4.69, 9.17) is 4.42 Å². The van der Waals surface area contributed by atoms with Crippen molar-refractivity contribution in [2.45, 2.75) is 42.9 Å². The Morgan fingerprint density at radius 2 is 1.63 bits per heavy atom. The molecule has 0 bridgehead atoms. The molecule has 0 saturated carbocycles. The normalized spacial score (nSPS) is 19.6. The third-order valence-electron chi connectivity index (χ3n) is 6.64. The van der Waals surface area contributed by atoms with Gasteiger partial charge in [0.1, 0.15) is 5.82 Å². The molecule has 1 unspecified atom stereocenters. The van der Waals surface area contributed by atoms with Crippen molar-refractivity contribution in [2.75, 3.05) is 26.2 Å². The molecule has 1 amide bonds. The Balaban J connectivity index is 1.27. The minimum absolute atomic E-state index is 0.104. The van der Waals surface area contributed by atoms with E-state index in [0.29, 0.717) is 49.1 Å². The van der Waals surface area contributed by atoms with Crippen molar-refractivity contribution in [3.8, 4) is 11.5 Å². The summed E-state index contributed by atoms with van der Waals surface area (Å²) in [6.45, 7) is 2.10. The number of hydrogen-bond acceptors (Lipinski definition) is 6. The summed E-state index contributed by atoms with van der Waals surface area (Å²) in [7, 11) is -3.54. The van der Waals surface area contributed by atoms with Gasteiger partial charge in [-0.3, -0.25) is 4.79 Å². The maximum Gasteiger partial charge on any atom is 0.253 e. The Bertz CT molecular complexity index is 1290. The van der Waals surface area contributed by atoms with E-state index in [2.05, 4.69) is 10.2 Å². The number of aromatic nitrogens is 2. The number of carbonyl (C=O) groups excluding carboxylic acids is 1. The van der Waals surface area contributed by atoms with Gasteiger partial charge in [-0.25, -0.2) is 12.8 Å². The molecule has 2 saturated heterocycles. The molecule has 184 valence electrons. The first-order valence-electron chi connectivity index (χ1n) is 11.9. The van der Waals surface area contributed by atoms with Crippen molar-refractivity contribution < 1.29 is 22.0 Å². The molecular weight excluding hydrogens is 471 g/mol. The Kier molecular flexibility index (Phi) is 6.66. The Labute approximate surface area is 203 Å². The number of benzene rings is 2. The van der Waals surface area contributed by atoms with Crippen LogP contribution in [0, 0.1) is 5.82 Å². The molecule has 2 aliphatic rings. The molecule has 0 spiro atoms. The van der Waals surface area contributed by atoms with Gasteiger partial charge in [0.2, 0.25) is 21.8 Å². The van der Waals surface area contributed by atoms with Crippen molar-refractivity contribution in [2.24, 2.45) is 0 Å². The van der Waals surface area contributed by atoms with Crippen LogP contribution in [0.3, 0.4) is 0 Å². The second-order valence-corrected chi connectivity index (χ2v) is 11.0. The topological polar surface area (TPSA) is 96.6 Å². The number of hydrogen-bond donors (Lipinski definition) is 0. The fourth-order valence-electron chi connectivity index (χ4n) is 4.68. The van der Waals surface area contributed by atoms with Crippen molar-refractivity contribution in [3.05, 3.63) is 65.8 Å². The van der Waals surface area contributed by atoms with Gasteiger partial charge >= 0.3 is 0 Å². The van der Waals surface area contributed by atoms with Gasteiger partial charge in [0.15, 0.2) is 0 Å². The van der Waals surface area contributed by atoms with Gasteiger partial charge in [0, 0.05) is 37.3 Å². The quantitative estimate of drug-likeness (QED) is 0.526. The van der Waals surface area contributed by atoms with Crippen LogP contribution in [-0.4, -0.2) is 59.9 Å². The molecule has 2 aromatic carbocycles. The Morgan fingerprint density at radius 1 is 0.914 bits per heavy atom. The van der Waals surface area contributed by atoms with E-state index >= 15 is 0 Å². The van der Waals surface area contributed by atoms with Crippen LogP contribution >= 0.6 is 0 Å². The van der Waals surface area contributed by atoms with Gasteiger partial charge in [-0.1, -0.05) is 6.42 Å². The fourth-order valence-corrected chi connectivity index (χ4v) is 6.20. The predicted molar refractivity (Wildman–Crippen MR) is 127 cm³/mol. The van der Waals surface area contributed by atoms with E-state index in [-0.39, 0.29) is 22.5 Å². The first-order valence-corrected chi connectivity index (χ1v) is 13.3. The second kappa shape index (κ2) is 9.87. The molecule has 2 fully saturated rings. The monoisotopic (exact) mass is 498 g/mol. The van der Waals surface area contributed by atoms with Crippen molar-refractivity contribution in [3.63, 3.8) is 0 Å². The minimum atomic E-state index is -3.54. The van der Waals surface area contributed by atoms with Gasteiger partial charge in [0.25, 0.3) is 5.91 Å². The van der Waals surface area contributed by atoms with E-state index in [1.54, 1.807) is 29.2 Å². The molecule has 3 aromatic rings. The van der Waals surface area contributed by atoms with Crippen LogP contribution in [-0.2, 0) is 10.0 Å². The molecular formula is C25H27FN4O4S. The minimum Gasteiger partial charge on any atom is -0.420 e. The number of rotatable bonds is 5. The highest BCUT2D eigenvalue weighted by atomic mass is 32.2. The zero-order chi connectivity index (χ0) is 24.4. The molecule has 2 aliphatic heterocycles. The van der Waals surface area contributed by atoms with E-state index in [9.17, 15) is 17.6 Å². The summed E-state index contributed by atoms with van der Waals surface area (Å²) in [5.74, 6) is 0.161. The van der Waals surface area contributed by atoms with Crippen LogP contribution in [0.1, 0.15) is 54.3 Å². The lowest BCUT2D eigenvalue weighted by atomic mass is 9.97. The summed E-state index contributed by atoms with van der Waals surface area (Å²) in [6, 6.07) is 12.0. The standard InChI is InChI=1S/C25H27FN4O4S/c26-21-10-6-18(7-11-21)23-27-28-24(34-23)20-5-4-14-29(17-20)25(31)19-8-12-22(13-9-19)35(32,33)30-15-2-1-3-16-30/h6-13,20H,1-5,14-17H2. The van der Waals surface area contributed by atoms with E-state index < -0.39 is 10.0 Å². The summed E-state index contributed by atoms with van der Waals surface area (Å²) in [6.07, 6.45) is 4.39. The highest BCUT2D eigenvalue weighted by Gasteiger charge is 2.30. The van der Waals surface area contributed by atoms with E-state index in [1.165, 1.54) is 28.6 Å². The van der Waals surface area contributed by atoms with Crippen LogP contribution in [0.5, 0.6) is 0 Å². The summed E-state index contributed by atoms with van der Waals surface area (Å²) in [5.41, 5.74) is 1.08. The molecule has 0 radical (unpaired) electrons. The first-order chi connectivity index (χ1) is 16.9. The summed E-state index contributed by atoms with van der Waals surface area (Å²) in [5, 5.41) is 8.26. The largest absolute Gasteiger partial charge is 0.420 e. The molecule has 1 atom stereocenters. The summed E-state index contributed by atoms with van der Waals surface area (Å²) in [4.78, 5) is 15.1. The number of piperidine rings is 2. The van der Waals surface area contributed by atoms with Gasteiger partial charge in [-0.2, -0.15) is 4.31 Å². The number of nitrogens with zero attached hydrogens (tertiary/aromatic N) is 4. The van der Waals surface area contributed by atoms with Gasteiger partial charge in [-0.15, -0.1) is 10.2 Å². The Morgan fingerprint density at radius 3 is 2.34 bits per heavy atom. The molecule has 35 heavy (non-hydrogen) atoms. The highest BCUT2D eigenvalue weighted by Crippen LogP contribution is 2.29. The van der Waals surface area contributed by atoms with Crippen LogP contribution in [0.2, 0.25) is 0 Å². The second-order valence-electron chi connectivity index (χ2n) is 9.03. The number of carbonyl (C=O) groups is 1. The summed E-state index contributed by atoms with van der Waals surface area (Å²) < 4.78 is 46.3. The van der Waals surface area contributed by atoms with E-state index in [0.717, 1.165) is 32.1 Å². The number of amides is 1. The van der Waals surface area contributed by atoms with E-state index in [1.807, 2.05) is 0 Å². The maximum absolute atomic E-state index is 13.2. The zero-order valence-corrected chi connectivity index (χ0v) is 20.1. The van der Waals surface area contributed by atoms with Crippen LogP contribution in [0.25, 0.3) is 11.5 Å². The van der Waals surface area contributed by atoms with Crippen molar-refractivity contribution in [1.82, 2.24) is 19.4 Å². The molecule has 3 heterocycles. The van der Waals surface area contributed by atoms with Crippen molar-refractivity contribution in [1.29, 1.82) is 0 Å². The lowest BCUT2D eigenvalue weighted by Crippen LogP contribution is -2.39. The lowest BCUT2D eigenvalue weighted by molar-refractivity contribution is 0.0698. The maximum atomic E-state index is 13.2. The molecule has 10 heteroatoms. The lowest BCUT2D eigenvalue weighted by Gasteiger charge is -2.31. The van der Waals surface area contributed by atoms with Gasteiger partial charge in [0.05, 0.1) is 10.8 Å². The highest BCUT2D eigenvalue weighted by molar-refractivity contribution is 7.89. The number of halogens is 1. The average Bonchev–Trinajstić information content (AvgIpc) is 3.40. The number of likely N-dealkylation sites (tertiary alicyclic amines) is 1. The third kappa shape index (κ3) is 4.99. The first kappa shape index (κ1) is 23.6. The molecule has 0 N–H and O–H groups in total. The SMILES string of the molecule is O=C(c1ccc(S(=O)(=O)N2CCCCC2)cc1)N1CCCC(c2nnc(-c3ccc(F)cc3)o2)C1.